The number of hydrogen-bond acceptors (Lipinski definition) is 2. The van der Waals surface area contributed by atoms with Gasteiger partial charge in [-0.3, -0.25) is 0 Å². The van der Waals surface area contributed by atoms with Crippen molar-refractivity contribution in [1.82, 2.24) is 10.2 Å². The van der Waals surface area contributed by atoms with Gasteiger partial charge in [0.15, 0.2) is 0 Å². The van der Waals surface area contributed by atoms with Crippen molar-refractivity contribution < 1.29 is 13.9 Å². The molecule has 0 bridgehead atoms. The fourth-order valence-corrected chi connectivity index (χ4v) is 2.00. The van der Waals surface area contributed by atoms with Gasteiger partial charge in [0, 0.05) is 13.2 Å². The molecule has 0 saturated carbocycles. The van der Waals surface area contributed by atoms with E-state index in [1.807, 2.05) is 0 Å². The molecule has 5 heteroatoms. The van der Waals surface area contributed by atoms with E-state index in [0.29, 0.717) is 19.6 Å². The number of hydrogen-bond donors (Lipinski definition) is 1. The zero-order chi connectivity index (χ0) is 11.4. The van der Waals surface area contributed by atoms with Crippen LogP contribution in [0, 0.1) is 0 Å². The first-order valence-electron chi connectivity index (χ1n) is 5.73. The Morgan fingerprint density at radius 2 is 2.50 bits per heavy atom. The third-order valence-electron chi connectivity index (χ3n) is 2.88. The van der Waals surface area contributed by atoms with Gasteiger partial charge in [-0.15, -0.1) is 0 Å². The summed E-state index contributed by atoms with van der Waals surface area (Å²) in [6.07, 6.45) is 4.05. The van der Waals surface area contributed by atoms with Gasteiger partial charge in [0.1, 0.15) is 5.83 Å². The normalized spacial score (nSPS) is 26.2. The zero-order valence-corrected chi connectivity index (χ0v) is 9.25. The number of carbonyl (C=O) groups is 1. The molecule has 16 heavy (non-hydrogen) atoms. The molecule has 0 aliphatic carbocycles. The molecular formula is C11H17FN2O2. The number of amides is 2. The van der Waals surface area contributed by atoms with Gasteiger partial charge in [-0.2, -0.15) is 0 Å². The molecule has 1 fully saturated rings. The van der Waals surface area contributed by atoms with E-state index in [0.717, 1.165) is 19.4 Å². The first-order chi connectivity index (χ1) is 7.75. The van der Waals surface area contributed by atoms with Gasteiger partial charge in [0.05, 0.1) is 19.2 Å². The van der Waals surface area contributed by atoms with Crippen LogP contribution in [-0.2, 0) is 4.74 Å². The molecule has 2 aliphatic heterocycles. The molecule has 0 aromatic heterocycles. The average Bonchev–Trinajstić information content (AvgIpc) is 2.30. The minimum absolute atomic E-state index is 0.0789. The zero-order valence-electron chi connectivity index (χ0n) is 9.25. The van der Waals surface area contributed by atoms with Crippen molar-refractivity contribution in [2.45, 2.75) is 25.3 Å². The van der Waals surface area contributed by atoms with E-state index in [1.165, 1.54) is 11.0 Å². The molecule has 4 nitrogen and oxygen atoms in total. The van der Waals surface area contributed by atoms with Crippen LogP contribution in [-0.4, -0.2) is 43.3 Å². The lowest BCUT2D eigenvalue weighted by Crippen LogP contribution is -2.49. The Balaban J connectivity index is 1.80. The van der Waals surface area contributed by atoms with Gasteiger partial charge >= 0.3 is 6.03 Å². The van der Waals surface area contributed by atoms with Gasteiger partial charge < -0.3 is 15.0 Å². The third-order valence-corrected chi connectivity index (χ3v) is 2.88. The smallest absolute Gasteiger partial charge is 0.318 e. The van der Waals surface area contributed by atoms with E-state index in [9.17, 15) is 9.18 Å². The molecule has 0 spiro atoms. The summed E-state index contributed by atoms with van der Waals surface area (Å²) in [5.41, 5.74) is 0. The van der Waals surface area contributed by atoms with Crippen LogP contribution < -0.4 is 5.32 Å². The first kappa shape index (κ1) is 11.4. The summed E-state index contributed by atoms with van der Waals surface area (Å²) in [6, 6.07) is -0.103. The topological polar surface area (TPSA) is 41.6 Å². The lowest BCUT2D eigenvalue weighted by Gasteiger charge is -2.29. The minimum Gasteiger partial charge on any atom is -0.379 e. The molecule has 1 atom stereocenters. The fourth-order valence-electron chi connectivity index (χ4n) is 2.00. The second kappa shape index (κ2) is 5.30. The van der Waals surface area contributed by atoms with Gasteiger partial charge in [0.2, 0.25) is 0 Å². The van der Waals surface area contributed by atoms with Crippen molar-refractivity contribution in [3.8, 4) is 0 Å². The van der Waals surface area contributed by atoms with Crippen LogP contribution >= 0.6 is 0 Å². The Hall–Kier alpha value is -1.10. The Kier molecular flexibility index (Phi) is 3.77. The lowest BCUT2D eigenvalue weighted by atomic mass is 10.1. The van der Waals surface area contributed by atoms with Crippen molar-refractivity contribution in [2.75, 3.05) is 26.3 Å². The van der Waals surface area contributed by atoms with Crippen molar-refractivity contribution in [3.63, 3.8) is 0 Å². The minimum atomic E-state index is -0.221. The van der Waals surface area contributed by atoms with E-state index in [1.54, 1.807) is 0 Å². The Labute approximate surface area is 94.4 Å². The molecule has 0 radical (unpaired) electrons. The molecule has 0 unspecified atom stereocenters. The first-order valence-corrected chi connectivity index (χ1v) is 5.73. The van der Waals surface area contributed by atoms with E-state index >= 15 is 0 Å². The summed E-state index contributed by atoms with van der Waals surface area (Å²) < 4.78 is 18.3. The second-order valence-corrected chi connectivity index (χ2v) is 4.22. The van der Waals surface area contributed by atoms with Crippen molar-refractivity contribution in [3.05, 3.63) is 11.9 Å². The van der Waals surface area contributed by atoms with Gasteiger partial charge in [0.25, 0.3) is 0 Å². The fraction of sp³-hybridized carbons (Fsp3) is 0.727. The van der Waals surface area contributed by atoms with Crippen LogP contribution in [0.15, 0.2) is 11.9 Å². The third kappa shape index (κ3) is 2.95. The largest absolute Gasteiger partial charge is 0.379 e. The molecule has 0 aromatic rings. The average molecular weight is 228 g/mol. The number of nitrogens with one attached hydrogen (secondary N) is 1. The van der Waals surface area contributed by atoms with Crippen molar-refractivity contribution in [2.24, 2.45) is 0 Å². The number of rotatable bonds is 1. The van der Waals surface area contributed by atoms with E-state index in [4.69, 9.17) is 4.74 Å². The molecule has 2 heterocycles. The maximum Gasteiger partial charge on any atom is 0.318 e. The quantitative estimate of drug-likeness (QED) is 0.737. The van der Waals surface area contributed by atoms with E-state index in [-0.39, 0.29) is 24.4 Å². The summed E-state index contributed by atoms with van der Waals surface area (Å²) in [4.78, 5) is 13.3. The van der Waals surface area contributed by atoms with Crippen LogP contribution in [0.25, 0.3) is 0 Å². The van der Waals surface area contributed by atoms with Crippen LogP contribution in [0.3, 0.4) is 0 Å². The van der Waals surface area contributed by atoms with Crippen molar-refractivity contribution in [1.29, 1.82) is 0 Å². The summed E-state index contributed by atoms with van der Waals surface area (Å²) in [5.74, 6) is -0.221. The second-order valence-electron chi connectivity index (χ2n) is 4.22. The number of nitrogens with zero attached hydrogens (tertiary/aromatic N) is 1. The Morgan fingerprint density at radius 3 is 3.19 bits per heavy atom. The summed E-state index contributed by atoms with van der Waals surface area (Å²) in [6.45, 7) is 2.03. The van der Waals surface area contributed by atoms with Gasteiger partial charge in [-0.1, -0.05) is 0 Å². The highest BCUT2D eigenvalue weighted by Gasteiger charge is 2.22. The molecule has 0 aromatic carbocycles. The lowest BCUT2D eigenvalue weighted by molar-refractivity contribution is 0.0707. The molecule has 2 amide bonds. The maximum atomic E-state index is 13.0. The molecule has 1 saturated heterocycles. The summed E-state index contributed by atoms with van der Waals surface area (Å²) >= 11 is 0. The molecule has 1 N–H and O–H groups in total. The van der Waals surface area contributed by atoms with Crippen LogP contribution in [0.4, 0.5) is 9.18 Å². The van der Waals surface area contributed by atoms with Crippen LogP contribution in [0.5, 0.6) is 0 Å². The SMILES string of the molecule is O=C(N[C@@H]1CCCOC1)N1CCC=C(F)C1. The molecule has 2 aliphatic rings. The molecule has 90 valence electrons. The van der Waals surface area contributed by atoms with Crippen LogP contribution in [0.1, 0.15) is 19.3 Å². The van der Waals surface area contributed by atoms with Crippen LogP contribution in [0.2, 0.25) is 0 Å². The highest BCUT2D eigenvalue weighted by molar-refractivity contribution is 5.75. The number of halogens is 1. The standard InChI is InChI=1S/C11H17FN2O2/c12-9-3-1-5-14(7-9)11(15)13-10-4-2-6-16-8-10/h3,10H,1-2,4-8H2,(H,13,15)/t10-/m1/s1. The van der Waals surface area contributed by atoms with Gasteiger partial charge in [-0.05, 0) is 25.3 Å². The predicted molar refractivity (Wildman–Crippen MR) is 57.8 cm³/mol. The van der Waals surface area contributed by atoms with Crippen molar-refractivity contribution >= 4 is 6.03 Å². The molecular weight excluding hydrogens is 211 g/mol. The Morgan fingerprint density at radius 1 is 1.62 bits per heavy atom. The highest BCUT2D eigenvalue weighted by atomic mass is 19.1. The Bertz CT molecular complexity index is 288. The maximum absolute atomic E-state index is 13.0. The van der Waals surface area contributed by atoms with E-state index < -0.39 is 0 Å². The number of carbonyl (C=O) groups excluding carboxylic acids is 1. The number of ether oxygens (including phenoxy) is 1. The summed E-state index contributed by atoms with van der Waals surface area (Å²) in [7, 11) is 0. The molecule has 2 rings (SSSR count). The number of urea groups is 1. The monoisotopic (exact) mass is 228 g/mol. The highest BCUT2D eigenvalue weighted by Crippen LogP contribution is 2.12. The van der Waals surface area contributed by atoms with E-state index in [2.05, 4.69) is 5.32 Å². The summed E-state index contributed by atoms with van der Waals surface area (Å²) in [5, 5.41) is 2.88. The predicted octanol–water partition coefficient (Wildman–Crippen LogP) is 1.43. The van der Waals surface area contributed by atoms with Gasteiger partial charge in [-0.25, -0.2) is 9.18 Å².